The highest BCUT2D eigenvalue weighted by molar-refractivity contribution is 6.60. The molecular formula is C18H26N2O4Si. The van der Waals surface area contributed by atoms with Crippen molar-refractivity contribution in [1.82, 2.24) is 0 Å². The first-order valence-corrected chi connectivity index (χ1v) is 10.8. The molecule has 2 rings (SSSR count). The Morgan fingerprint density at radius 3 is 2.44 bits per heavy atom. The van der Waals surface area contributed by atoms with Crippen molar-refractivity contribution in [3.63, 3.8) is 0 Å². The number of nitrogens with zero attached hydrogens (tertiary/aromatic N) is 2. The third kappa shape index (κ3) is 5.38. The molecule has 0 aromatic heterocycles. The number of benzene rings is 1. The fourth-order valence-electron chi connectivity index (χ4n) is 2.89. The highest BCUT2D eigenvalue weighted by Crippen LogP contribution is 2.26. The Hall–Kier alpha value is -1.72. The highest BCUT2D eigenvalue weighted by atomic mass is 28.4. The number of rotatable bonds is 10. The fourth-order valence-corrected chi connectivity index (χ4v) is 5.50. The van der Waals surface area contributed by atoms with Crippen LogP contribution >= 0.6 is 0 Å². The van der Waals surface area contributed by atoms with Gasteiger partial charge >= 0.3 is 8.80 Å². The van der Waals surface area contributed by atoms with Crippen molar-refractivity contribution in [1.29, 1.82) is 5.26 Å². The SMILES string of the molecule is CCO[Si](CCCC1=NOc2ccc(C#N)cc2C1)(OCC)OCC. The zero-order valence-electron chi connectivity index (χ0n) is 15.2. The quantitative estimate of drug-likeness (QED) is 0.594. The lowest BCUT2D eigenvalue weighted by molar-refractivity contribution is 0.0709. The molecule has 0 amide bonds. The van der Waals surface area contributed by atoms with E-state index < -0.39 is 8.80 Å². The van der Waals surface area contributed by atoms with Crippen molar-refractivity contribution in [2.45, 2.75) is 46.1 Å². The summed E-state index contributed by atoms with van der Waals surface area (Å²) in [5, 5.41) is 13.2. The first-order chi connectivity index (χ1) is 12.2. The van der Waals surface area contributed by atoms with E-state index in [9.17, 15) is 0 Å². The largest absolute Gasteiger partial charge is 0.500 e. The summed E-state index contributed by atoms with van der Waals surface area (Å²) in [6.07, 6.45) is 2.36. The number of hydrogen-bond acceptors (Lipinski definition) is 6. The van der Waals surface area contributed by atoms with Gasteiger partial charge < -0.3 is 18.1 Å². The van der Waals surface area contributed by atoms with Crippen molar-refractivity contribution in [3.8, 4) is 11.8 Å². The fraction of sp³-hybridized carbons (Fsp3) is 0.556. The molecule has 0 radical (unpaired) electrons. The number of hydrogen-bond donors (Lipinski definition) is 0. The lowest BCUT2D eigenvalue weighted by Gasteiger charge is -2.28. The summed E-state index contributed by atoms with van der Waals surface area (Å²) < 4.78 is 17.6. The summed E-state index contributed by atoms with van der Waals surface area (Å²) in [7, 11) is -2.61. The van der Waals surface area contributed by atoms with Gasteiger partial charge in [0.25, 0.3) is 0 Å². The van der Waals surface area contributed by atoms with Crippen LogP contribution < -0.4 is 4.84 Å². The minimum atomic E-state index is -2.61. The molecule has 0 saturated heterocycles. The van der Waals surface area contributed by atoms with E-state index in [1.807, 2.05) is 26.8 Å². The first kappa shape index (κ1) is 19.6. The zero-order valence-corrected chi connectivity index (χ0v) is 16.2. The first-order valence-electron chi connectivity index (χ1n) is 8.84. The zero-order chi connectivity index (χ0) is 18.1. The van der Waals surface area contributed by atoms with E-state index in [1.165, 1.54) is 0 Å². The van der Waals surface area contributed by atoms with Crippen molar-refractivity contribution < 1.29 is 18.1 Å². The molecule has 0 atom stereocenters. The van der Waals surface area contributed by atoms with E-state index >= 15 is 0 Å². The maximum absolute atomic E-state index is 9.03. The Morgan fingerprint density at radius 1 is 1.16 bits per heavy atom. The Kier molecular flexibility index (Phi) is 7.59. The minimum Gasteiger partial charge on any atom is -0.374 e. The van der Waals surface area contributed by atoms with Gasteiger partial charge in [-0.1, -0.05) is 5.16 Å². The molecule has 1 aliphatic rings. The van der Waals surface area contributed by atoms with Gasteiger partial charge in [0, 0.05) is 37.8 Å². The second-order valence-electron chi connectivity index (χ2n) is 5.70. The second-order valence-corrected chi connectivity index (χ2v) is 8.43. The topological polar surface area (TPSA) is 73.1 Å². The summed E-state index contributed by atoms with van der Waals surface area (Å²) in [6, 6.07) is 8.32. The molecule has 1 aromatic carbocycles. The van der Waals surface area contributed by atoms with Crippen LogP contribution in [0.25, 0.3) is 0 Å². The molecule has 25 heavy (non-hydrogen) atoms. The Balaban J connectivity index is 1.94. The summed E-state index contributed by atoms with van der Waals surface area (Å²) in [6.45, 7) is 7.63. The Morgan fingerprint density at radius 2 is 1.84 bits per heavy atom. The van der Waals surface area contributed by atoms with Crippen LogP contribution in [0.15, 0.2) is 23.4 Å². The maximum atomic E-state index is 9.03. The van der Waals surface area contributed by atoms with Crippen LogP contribution in [0.3, 0.4) is 0 Å². The monoisotopic (exact) mass is 362 g/mol. The summed E-state index contributed by atoms with van der Waals surface area (Å²) in [5.41, 5.74) is 2.61. The molecule has 1 heterocycles. The van der Waals surface area contributed by atoms with E-state index in [0.29, 0.717) is 31.8 Å². The second kappa shape index (κ2) is 9.68. The molecule has 0 spiro atoms. The molecule has 6 nitrogen and oxygen atoms in total. The molecular weight excluding hydrogens is 336 g/mol. The summed E-state index contributed by atoms with van der Waals surface area (Å²) in [4.78, 5) is 5.46. The average Bonchev–Trinajstić information content (AvgIpc) is 2.62. The van der Waals surface area contributed by atoms with Crippen LogP contribution in [0.1, 0.15) is 44.7 Å². The number of nitriles is 1. The predicted octanol–water partition coefficient (Wildman–Crippen LogP) is 3.68. The molecule has 0 fully saturated rings. The minimum absolute atomic E-state index is 0.584. The van der Waals surface area contributed by atoms with Gasteiger partial charge in [-0.05, 0) is 51.8 Å². The van der Waals surface area contributed by atoms with Gasteiger partial charge in [0.05, 0.1) is 17.3 Å². The van der Waals surface area contributed by atoms with Crippen molar-refractivity contribution in [3.05, 3.63) is 29.3 Å². The van der Waals surface area contributed by atoms with Crippen molar-refractivity contribution in [2.75, 3.05) is 19.8 Å². The highest BCUT2D eigenvalue weighted by Gasteiger charge is 2.39. The van der Waals surface area contributed by atoms with Crippen LogP contribution in [-0.2, 0) is 19.7 Å². The molecule has 136 valence electrons. The predicted molar refractivity (Wildman–Crippen MR) is 97.6 cm³/mol. The molecule has 0 unspecified atom stereocenters. The summed E-state index contributed by atoms with van der Waals surface area (Å²) in [5.74, 6) is 0.726. The van der Waals surface area contributed by atoms with Gasteiger partial charge in [-0.3, -0.25) is 0 Å². The lowest BCUT2D eigenvalue weighted by Crippen LogP contribution is -2.46. The molecule has 0 saturated carbocycles. The smallest absolute Gasteiger partial charge is 0.374 e. The standard InChI is InChI=1S/C18H26N2O4Si/c1-4-21-25(22-5-2,23-6-3)11-7-8-17-13-16-12-15(14-19)9-10-18(16)24-20-17/h9-10,12H,4-8,11,13H2,1-3H3. The molecule has 0 aliphatic carbocycles. The maximum Gasteiger partial charge on any atom is 0.500 e. The van der Waals surface area contributed by atoms with Crippen LogP contribution in [0.4, 0.5) is 0 Å². The van der Waals surface area contributed by atoms with Crippen molar-refractivity contribution >= 4 is 14.5 Å². The molecule has 1 aromatic rings. The van der Waals surface area contributed by atoms with Gasteiger partial charge in [-0.2, -0.15) is 5.26 Å². The number of oxime groups is 1. The molecule has 1 aliphatic heterocycles. The van der Waals surface area contributed by atoms with Crippen LogP contribution in [0, 0.1) is 11.3 Å². The van der Waals surface area contributed by atoms with Gasteiger partial charge in [0.15, 0.2) is 5.75 Å². The Bertz CT molecular complexity index is 625. The van der Waals surface area contributed by atoms with E-state index in [1.54, 1.807) is 12.1 Å². The average molecular weight is 363 g/mol. The summed E-state index contributed by atoms with van der Waals surface area (Å²) >= 11 is 0. The van der Waals surface area contributed by atoms with Crippen LogP contribution in [-0.4, -0.2) is 34.3 Å². The molecule has 7 heteroatoms. The normalized spacial score (nSPS) is 13.6. The Labute approximate surface area is 150 Å². The van der Waals surface area contributed by atoms with Gasteiger partial charge in [-0.15, -0.1) is 0 Å². The van der Waals surface area contributed by atoms with E-state index in [4.69, 9.17) is 23.4 Å². The van der Waals surface area contributed by atoms with Gasteiger partial charge in [-0.25, -0.2) is 0 Å². The van der Waals surface area contributed by atoms with Crippen LogP contribution in [0.2, 0.25) is 6.04 Å². The molecule has 0 bridgehead atoms. The van der Waals surface area contributed by atoms with Gasteiger partial charge in [0.2, 0.25) is 0 Å². The number of fused-ring (bicyclic) bond motifs is 1. The van der Waals surface area contributed by atoms with E-state index in [0.717, 1.165) is 35.9 Å². The van der Waals surface area contributed by atoms with E-state index in [2.05, 4.69) is 11.2 Å². The third-order valence-corrected chi connectivity index (χ3v) is 7.05. The van der Waals surface area contributed by atoms with Crippen LogP contribution in [0.5, 0.6) is 5.75 Å². The lowest BCUT2D eigenvalue weighted by atomic mass is 10.0. The van der Waals surface area contributed by atoms with Gasteiger partial charge in [0.1, 0.15) is 0 Å². The molecule has 0 N–H and O–H groups in total. The van der Waals surface area contributed by atoms with E-state index in [-0.39, 0.29) is 0 Å². The third-order valence-electron chi connectivity index (χ3n) is 3.90. The van der Waals surface area contributed by atoms with Crippen molar-refractivity contribution in [2.24, 2.45) is 5.16 Å².